The molecule has 7 heteroatoms. The number of carbonyl (C=O) groups excluding carboxylic acids is 3. The lowest BCUT2D eigenvalue weighted by Crippen LogP contribution is -2.32. The fraction of sp³-hybridized carbons (Fsp3) is 0.286. The Balaban J connectivity index is 1.46. The van der Waals surface area contributed by atoms with Crippen molar-refractivity contribution in [3.63, 3.8) is 0 Å². The summed E-state index contributed by atoms with van der Waals surface area (Å²) in [5.74, 6) is 0.0303. The number of imide groups is 1. The number of amides is 3. The Bertz CT molecular complexity index is 913. The summed E-state index contributed by atoms with van der Waals surface area (Å²) in [6.07, 6.45) is 0.652. The molecule has 0 saturated heterocycles. The van der Waals surface area contributed by atoms with Crippen molar-refractivity contribution in [3.05, 3.63) is 63.6 Å². The lowest BCUT2D eigenvalue weighted by molar-refractivity contribution is -0.121. The van der Waals surface area contributed by atoms with Gasteiger partial charge in [0.2, 0.25) is 5.91 Å². The highest BCUT2D eigenvalue weighted by Gasteiger charge is 2.35. The van der Waals surface area contributed by atoms with Gasteiger partial charge < -0.3 is 10.1 Å². The second-order valence-corrected chi connectivity index (χ2v) is 7.33. The molecular formula is C21H21BrN2O4. The molecule has 146 valence electrons. The number of ether oxygens (including phenoxy) is 1. The van der Waals surface area contributed by atoms with Gasteiger partial charge in [-0.2, -0.15) is 0 Å². The predicted octanol–water partition coefficient (Wildman–Crippen LogP) is 3.54. The van der Waals surface area contributed by atoms with Gasteiger partial charge in [0.15, 0.2) is 0 Å². The maximum atomic E-state index is 12.4. The molecule has 1 aliphatic heterocycles. The van der Waals surface area contributed by atoms with E-state index in [1.165, 1.54) is 4.90 Å². The molecule has 1 aliphatic rings. The fourth-order valence-corrected chi connectivity index (χ4v) is 3.43. The van der Waals surface area contributed by atoms with Gasteiger partial charge in [0.1, 0.15) is 5.75 Å². The quantitative estimate of drug-likeness (QED) is 0.631. The minimum absolute atomic E-state index is 0.124. The number of hydrogen-bond acceptors (Lipinski definition) is 4. The Kier molecular flexibility index (Phi) is 6.46. The molecule has 6 nitrogen and oxygen atoms in total. The van der Waals surface area contributed by atoms with Crippen LogP contribution < -0.4 is 10.1 Å². The van der Waals surface area contributed by atoms with E-state index >= 15 is 0 Å². The third-order valence-electron chi connectivity index (χ3n) is 4.42. The molecule has 0 aliphatic carbocycles. The molecule has 1 heterocycles. The van der Waals surface area contributed by atoms with Gasteiger partial charge >= 0.3 is 0 Å². The fourth-order valence-electron chi connectivity index (χ4n) is 3.06. The standard InChI is InChI=1S/C21H21BrN2O4/c1-2-28-16-6-3-5-14(11-16)13-23-19(25)7-4-10-24-20(26)17-9-8-15(22)12-18(17)21(24)27/h3,5-6,8-9,11-12H,2,4,7,10,13H2,1H3,(H,23,25). The SMILES string of the molecule is CCOc1cccc(CNC(=O)CCCN2C(=O)c3ccc(Br)cc3C2=O)c1. The van der Waals surface area contributed by atoms with Crippen molar-refractivity contribution in [2.45, 2.75) is 26.3 Å². The van der Waals surface area contributed by atoms with Crippen molar-refractivity contribution in [3.8, 4) is 5.75 Å². The van der Waals surface area contributed by atoms with Gasteiger partial charge in [0, 0.05) is 24.0 Å². The maximum Gasteiger partial charge on any atom is 0.261 e. The van der Waals surface area contributed by atoms with Crippen molar-refractivity contribution < 1.29 is 19.1 Å². The largest absolute Gasteiger partial charge is 0.494 e. The van der Waals surface area contributed by atoms with Gasteiger partial charge in [-0.3, -0.25) is 19.3 Å². The molecule has 1 N–H and O–H groups in total. The maximum absolute atomic E-state index is 12.4. The molecule has 0 spiro atoms. The van der Waals surface area contributed by atoms with E-state index in [9.17, 15) is 14.4 Å². The molecule has 3 rings (SSSR count). The van der Waals surface area contributed by atoms with Gasteiger partial charge in [-0.25, -0.2) is 0 Å². The lowest BCUT2D eigenvalue weighted by Gasteiger charge is -2.13. The molecule has 0 radical (unpaired) electrons. The van der Waals surface area contributed by atoms with Gasteiger partial charge in [-0.1, -0.05) is 28.1 Å². The molecular weight excluding hydrogens is 424 g/mol. The van der Waals surface area contributed by atoms with Crippen molar-refractivity contribution >= 4 is 33.7 Å². The summed E-state index contributed by atoms with van der Waals surface area (Å²) in [7, 11) is 0. The first-order valence-electron chi connectivity index (χ1n) is 9.13. The highest BCUT2D eigenvalue weighted by molar-refractivity contribution is 9.10. The van der Waals surface area contributed by atoms with Crippen LogP contribution in [0, 0.1) is 0 Å². The van der Waals surface area contributed by atoms with Crippen LogP contribution in [0.1, 0.15) is 46.0 Å². The smallest absolute Gasteiger partial charge is 0.261 e. The molecule has 0 fully saturated rings. The summed E-state index contributed by atoms with van der Waals surface area (Å²) in [5, 5.41) is 2.85. The Hall–Kier alpha value is -2.67. The van der Waals surface area contributed by atoms with E-state index in [1.807, 2.05) is 31.2 Å². The molecule has 3 amide bonds. The first-order chi connectivity index (χ1) is 13.5. The van der Waals surface area contributed by atoms with Crippen LogP contribution in [-0.4, -0.2) is 35.8 Å². The Morgan fingerprint density at radius 1 is 1.11 bits per heavy atom. The van der Waals surface area contributed by atoms with Crippen LogP contribution in [0.15, 0.2) is 46.9 Å². The summed E-state index contributed by atoms with van der Waals surface area (Å²) >= 11 is 3.31. The van der Waals surface area contributed by atoms with E-state index in [0.717, 1.165) is 15.8 Å². The number of rotatable bonds is 8. The zero-order chi connectivity index (χ0) is 20.1. The summed E-state index contributed by atoms with van der Waals surface area (Å²) < 4.78 is 6.20. The van der Waals surface area contributed by atoms with E-state index < -0.39 is 0 Å². The highest BCUT2D eigenvalue weighted by Crippen LogP contribution is 2.26. The molecule has 2 aromatic rings. The minimum Gasteiger partial charge on any atom is -0.494 e. The van der Waals surface area contributed by atoms with Crippen molar-refractivity contribution in [2.75, 3.05) is 13.2 Å². The van der Waals surface area contributed by atoms with Gasteiger partial charge in [0.25, 0.3) is 11.8 Å². The number of carbonyl (C=O) groups is 3. The first-order valence-corrected chi connectivity index (χ1v) is 9.93. The molecule has 0 bridgehead atoms. The Labute approximate surface area is 172 Å². The highest BCUT2D eigenvalue weighted by atomic mass is 79.9. The second-order valence-electron chi connectivity index (χ2n) is 6.41. The topological polar surface area (TPSA) is 75.7 Å². The van der Waals surface area contributed by atoms with Crippen molar-refractivity contribution in [1.82, 2.24) is 10.2 Å². The van der Waals surface area contributed by atoms with Gasteiger partial charge in [0.05, 0.1) is 17.7 Å². The van der Waals surface area contributed by atoms with Crippen LogP contribution in [0.4, 0.5) is 0 Å². The predicted molar refractivity (Wildman–Crippen MR) is 108 cm³/mol. The number of nitrogens with one attached hydrogen (secondary N) is 1. The van der Waals surface area contributed by atoms with E-state index in [0.29, 0.717) is 30.7 Å². The zero-order valence-corrected chi connectivity index (χ0v) is 17.1. The number of hydrogen-bond donors (Lipinski definition) is 1. The van der Waals surface area contributed by atoms with Crippen LogP contribution in [0.2, 0.25) is 0 Å². The summed E-state index contributed by atoms with van der Waals surface area (Å²) in [5.41, 5.74) is 1.76. The van der Waals surface area contributed by atoms with E-state index in [-0.39, 0.29) is 30.7 Å². The van der Waals surface area contributed by atoms with Gasteiger partial charge in [-0.15, -0.1) is 0 Å². The van der Waals surface area contributed by atoms with Crippen LogP contribution >= 0.6 is 15.9 Å². The monoisotopic (exact) mass is 444 g/mol. The van der Waals surface area contributed by atoms with Crippen molar-refractivity contribution in [1.29, 1.82) is 0 Å². The number of halogens is 1. The molecule has 0 atom stereocenters. The van der Waals surface area contributed by atoms with E-state index in [2.05, 4.69) is 21.2 Å². The van der Waals surface area contributed by atoms with E-state index in [1.54, 1.807) is 18.2 Å². The van der Waals surface area contributed by atoms with Gasteiger partial charge in [-0.05, 0) is 49.2 Å². The van der Waals surface area contributed by atoms with Crippen LogP contribution in [0.3, 0.4) is 0 Å². The summed E-state index contributed by atoms with van der Waals surface area (Å²) in [6.45, 7) is 3.13. The normalized spacial score (nSPS) is 12.9. The average molecular weight is 445 g/mol. The summed E-state index contributed by atoms with van der Waals surface area (Å²) in [6, 6.07) is 12.6. The third-order valence-corrected chi connectivity index (χ3v) is 4.91. The zero-order valence-electron chi connectivity index (χ0n) is 15.5. The van der Waals surface area contributed by atoms with Crippen LogP contribution in [-0.2, 0) is 11.3 Å². The third kappa shape index (κ3) is 4.59. The Morgan fingerprint density at radius 3 is 2.68 bits per heavy atom. The number of nitrogens with zero attached hydrogens (tertiary/aromatic N) is 1. The first kappa shape index (κ1) is 20.1. The molecule has 0 saturated carbocycles. The molecule has 2 aromatic carbocycles. The van der Waals surface area contributed by atoms with E-state index in [4.69, 9.17) is 4.74 Å². The lowest BCUT2D eigenvalue weighted by atomic mass is 10.1. The van der Waals surface area contributed by atoms with Crippen LogP contribution in [0.25, 0.3) is 0 Å². The molecule has 0 aromatic heterocycles. The molecule has 0 unspecified atom stereocenters. The van der Waals surface area contributed by atoms with Crippen molar-refractivity contribution in [2.24, 2.45) is 0 Å². The van der Waals surface area contributed by atoms with Crippen LogP contribution in [0.5, 0.6) is 5.75 Å². The second kappa shape index (κ2) is 9.01. The number of benzene rings is 2. The number of fused-ring (bicyclic) bond motifs is 1. The molecule has 28 heavy (non-hydrogen) atoms. The minimum atomic E-state index is -0.311. The Morgan fingerprint density at radius 2 is 1.89 bits per heavy atom. The summed E-state index contributed by atoms with van der Waals surface area (Å²) in [4.78, 5) is 38.1. The average Bonchev–Trinajstić information content (AvgIpc) is 2.91.